The number of carbonyl (C=O) groups is 1. The van der Waals surface area contributed by atoms with Gasteiger partial charge in [0.15, 0.2) is 0 Å². The van der Waals surface area contributed by atoms with Crippen LogP contribution in [0.3, 0.4) is 0 Å². The van der Waals surface area contributed by atoms with Crippen LogP contribution in [-0.4, -0.2) is 25.8 Å². The zero-order valence-corrected chi connectivity index (χ0v) is 8.26. The Balaban J connectivity index is 3.33. The summed E-state index contributed by atoms with van der Waals surface area (Å²) in [5, 5.41) is 0. The van der Waals surface area contributed by atoms with E-state index in [2.05, 4.69) is 16.6 Å². The third-order valence-electron chi connectivity index (χ3n) is 1.19. The predicted molar refractivity (Wildman–Crippen MR) is 50.1 cm³/mol. The Labute approximate surface area is 79.4 Å². The highest BCUT2D eigenvalue weighted by molar-refractivity contribution is 5.88. The maximum absolute atomic E-state index is 10.7. The Morgan fingerprint density at radius 2 is 2.08 bits per heavy atom. The lowest BCUT2D eigenvalue weighted by molar-refractivity contribution is -0.136. The van der Waals surface area contributed by atoms with Crippen molar-refractivity contribution >= 4 is 5.97 Å². The van der Waals surface area contributed by atoms with Gasteiger partial charge in [0.05, 0.1) is 13.2 Å². The SMILES string of the molecule is CCCOCCC#CC(=O)OCC. The zero-order valence-electron chi connectivity index (χ0n) is 8.26. The van der Waals surface area contributed by atoms with E-state index in [9.17, 15) is 4.79 Å². The molecule has 74 valence electrons. The van der Waals surface area contributed by atoms with Gasteiger partial charge in [-0.05, 0) is 13.3 Å². The van der Waals surface area contributed by atoms with Gasteiger partial charge in [-0.2, -0.15) is 0 Å². The second-order valence-corrected chi connectivity index (χ2v) is 2.38. The van der Waals surface area contributed by atoms with Crippen LogP contribution in [-0.2, 0) is 14.3 Å². The smallest absolute Gasteiger partial charge is 0.384 e. The summed E-state index contributed by atoms with van der Waals surface area (Å²) in [4.78, 5) is 10.7. The monoisotopic (exact) mass is 184 g/mol. The summed E-state index contributed by atoms with van der Waals surface area (Å²) in [6.07, 6.45) is 1.59. The average molecular weight is 184 g/mol. The fourth-order valence-electron chi connectivity index (χ4n) is 0.671. The number of rotatable bonds is 5. The predicted octanol–water partition coefficient (Wildman–Crippen LogP) is 1.37. The molecule has 0 unspecified atom stereocenters. The topological polar surface area (TPSA) is 35.5 Å². The average Bonchev–Trinajstić information content (AvgIpc) is 2.11. The molecular formula is C10H16O3. The molecule has 0 aliphatic heterocycles. The van der Waals surface area contributed by atoms with Crippen molar-refractivity contribution in [2.45, 2.75) is 26.7 Å². The Bertz CT molecular complexity index is 188. The summed E-state index contributed by atoms with van der Waals surface area (Å²) >= 11 is 0. The first-order valence-electron chi connectivity index (χ1n) is 4.54. The molecule has 13 heavy (non-hydrogen) atoms. The molecule has 0 heterocycles. The first-order valence-corrected chi connectivity index (χ1v) is 4.54. The molecule has 0 aromatic heterocycles. The minimum atomic E-state index is -0.460. The molecule has 0 fully saturated rings. The Hall–Kier alpha value is -1.01. The van der Waals surface area contributed by atoms with E-state index in [0.717, 1.165) is 13.0 Å². The van der Waals surface area contributed by atoms with Crippen LogP contribution in [0.25, 0.3) is 0 Å². The Morgan fingerprint density at radius 3 is 2.69 bits per heavy atom. The number of hydrogen-bond acceptors (Lipinski definition) is 3. The number of hydrogen-bond donors (Lipinski definition) is 0. The lowest BCUT2D eigenvalue weighted by Crippen LogP contribution is -2.00. The summed E-state index contributed by atoms with van der Waals surface area (Å²) in [5.41, 5.74) is 0. The van der Waals surface area contributed by atoms with Gasteiger partial charge in [-0.15, -0.1) is 0 Å². The van der Waals surface area contributed by atoms with Gasteiger partial charge in [0.2, 0.25) is 0 Å². The third-order valence-corrected chi connectivity index (χ3v) is 1.19. The van der Waals surface area contributed by atoms with Gasteiger partial charge in [0.1, 0.15) is 0 Å². The van der Waals surface area contributed by atoms with Crippen LogP contribution in [0, 0.1) is 11.8 Å². The van der Waals surface area contributed by atoms with Crippen LogP contribution in [0.15, 0.2) is 0 Å². The fraction of sp³-hybridized carbons (Fsp3) is 0.700. The molecular weight excluding hydrogens is 168 g/mol. The van der Waals surface area contributed by atoms with Gasteiger partial charge in [0, 0.05) is 18.9 Å². The van der Waals surface area contributed by atoms with E-state index in [4.69, 9.17) is 4.74 Å². The van der Waals surface area contributed by atoms with E-state index in [-0.39, 0.29) is 0 Å². The summed E-state index contributed by atoms with van der Waals surface area (Å²) in [7, 11) is 0. The molecule has 0 atom stereocenters. The van der Waals surface area contributed by atoms with Crippen molar-refractivity contribution in [2.75, 3.05) is 19.8 Å². The largest absolute Gasteiger partial charge is 0.456 e. The van der Waals surface area contributed by atoms with Gasteiger partial charge in [-0.1, -0.05) is 12.8 Å². The molecule has 0 spiro atoms. The zero-order chi connectivity index (χ0) is 9.94. The molecule has 0 radical (unpaired) electrons. The molecule has 0 aromatic rings. The van der Waals surface area contributed by atoms with Crippen LogP contribution >= 0.6 is 0 Å². The highest BCUT2D eigenvalue weighted by Crippen LogP contribution is 1.83. The lowest BCUT2D eigenvalue weighted by atomic mass is 10.4. The quantitative estimate of drug-likeness (QED) is 0.280. The van der Waals surface area contributed by atoms with Gasteiger partial charge in [0.25, 0.3) is 0 Å². The minimum Gasteiger partial charge on any atom is -0.456 e. The highest BCUT2D eigenvalue weighted by atomic mass is 16.5. The van der Waals surface area contributed by atoms with Crippen molar-refractivity contribution in [2.24, 2.45) is 0 Å². The van der Waals surface area contributed by atoms with Gasteiger partial charge in [-0.3, -0.25) is 0 Å². The summed E-state index contributed by atoms with van der Waals surface area (Å²) < 4.78 is 9.79. The Kier molecular flexibility index (Phi) is 8.38. The maximum atomic E-state index is 10.7. The van der Waals surface area contributed by atoms with Crippen molar-refractivity contribution in [1.29, 1.82) is 0 Å². The standard InChI is InChI=1S/C10H16O3/c1-3-8-12-9-6-5-7-10(11)13-4-2/h3-4,6,8-9H2,1-2H3. The first kappa shape index (κ1) is 12.0. The summed E-state index contributed by atoms with van der Waals surface area (Å²) in [5.74, 6) is 4.59. The Morgan fingerprint density at radius 1 is 1.31 bits per heavy atom. The molecule has 0 saturated heterocycles. The van der Waals surface area contributed by atoms with Gasteiger partial charge >= 0.3 is 5.97 Å². The lowest BCUT2D eigenvalue weighted by Gasteiger charge is -1.96. The molecule has 3 heteroatoms. The van der Waals surface area contributed by atoms with Crippen molar-refractivity contribution < 1.29 is 14.3 Å². The highest BCUT2D eigenvalue weighted by Gasteiger charge is 1.91. The van der Waals surface area contributed by atoms with E-state index < -0.39 is 5.97 Å². The summed E-state index contributed by atoms with van der Waals surface area (Å²) in [6.45, 7) is 5.51. The molecule has 0 aliphatic rings. The molecule has 0 bridgehead atoms. The van der Waals surface area contributed by atoms with E-state index >= 15 is 0 Å². The van der Waals surface area contributed by atoms with E-state index in [1.165, 1.54) is 0 Å². The first-order chi connectivity index (χ1) is 6.31. The molecule has 0 rings (SSSR count). The van der Waals surface area contributed by atoms with Crippen molar-refractivity contribution in [1.82, 2.24) is 0 Å². The van der Waals surface area contributed by atoms with E-state index in [1.807, 2.05) is 6.92 Å². The number of carbonyl (C=O) groups excluding carboxylic acids is 1. The van der Waals surface area contributed by atoms with E-state index in [0.29, 0.717) is 19.6 Å². The molecule has 0 aliphatic carbocycles. The molecule has 0 N–H and O–H groups in total. The van der Waals surface area contributed by atoms with Crippen LogP contribution < -0.4 is 0 Å². The van der Waals surface area contributed by atoms with Crippen LogP contribution in [0.1, 0.15) is 26.7 Å². The number of esters is 1. The third kappa shape index (κ3) is 8.90. The van der Waals surface area contributed by atoms with Crippen molar-refractivity contribution in [3.63, 3.8) is 0 Å². The van der Waals surface area contributed by atoms with Crippen LogP contribution in [0.4, 0.5) is 0 Å². The second kappa shape index (κ2) is 9.08. The van der Waals surface area contributed by atoms with Crippen molar-refractivity contribution in [3.05, 3.63) is 0 Å². The molecule has 3 nitrogen and oxygen atoms in total. The van der Waals surface area contributed by atoms with Crippen molar-refractivity contribution in [3.8, 4) is 11.8 Å². The maximum Gasteiger partial charge on any atom is 0.384 e. The number of ether oxygens (including phenoxy) is 2. The van der Waals surface area contributed by atoms with Crippen LogP contribution in [0.2, 0.25) is 0 Å². The molecule has 0 aromatic carbocycles. The van der Waals surface area contributed by atoms with E-state index in [1.54, 1.807) is 6.92 Å². The fourth-order valence-corrected chi connectivity index (χ4v) is 0.671. The molecule has 0 saturated carbocycles. The molecule has 0 amide bonds. The van der Waals surface area contributed by atoms with Crippen LogP contribution in [0.5, 0.6) is 0 Å². The normalized spacial score (nSPS) is 8.77. The summed E-state index contributed by atoms with van der Waals surface area (Å²) in [6, 6.07) is 0. The minimum absolute atomic E-state index is 0.375. The van der Waals surface area contributed by atoms with Gasteiger partial charge < -0.3 is 9.47 Å². The second-order valence-electron chi connectivity index (χ2n) is 2.38. The van der Waals surface area contributed by atoms with Gasteiger partial charge in [-0.25, -0.2) is 4.79 Å².